The Hall–Kier alpha value is -2.17. The summed E-state index contributed by atoms with van der Waals surface area (Å²) in [6.45, 7) is 4.68. The van der Waals surface area contributed by atoms with Gasteiger partial charge in [-0.3, -0.25) is 4.79 Å². The minimum atomic E-state index is -0.214. The first-order chi connectivity index (χ1) is 8.58. The van der Waals surface area contributed by atoms with Gasteiger partial charge in [-0.05, 0) is 12.0 Å². The quantitative estimate of drug-likeness (QED) is 0.859. The van der Waals surface area contributed by atoms with Crippen LogP contribution in [0.1, 0.15) is 24.3 Å². The van der Waals surface area contributed by atoms with Crippen LogP contribution in [0.2, 0.25) is 0 Å². The van der Waals surface area contributed by atoms with E-state index in [-0.39, 0.29) is 11.9 Å². The van der Waals surface area contributed by atoms with Gasteiger partial charge < -0.3 is 11.1 Å². The maximum atomic E-state index is 12.1. The van der Waals surface area contributed by atoms with Crippen molar-refractivity contribution in [1.29, 1.82) is 0 Å². The molecule has 0 saturated heterocycles. The van der Waals surface area contributed by atoms with Gasteiger partial charge in [0.15, 0.2) is 0 Å². The lowest BCUT2D eigenvalue weighted by molar-refractivity contribution is 0.0946. The molecular formula is C13H16N4O. The summed E-state index contributed by atoms with van der Waals surface area (Å²) in [6.07, 6.45) is 0. The fourth-order valence-corrected chi connectivity index (χ4v) is 1.65. The molecule has 0 saturated carbocycles. The highest BCUT2D eigenvalue weighted by atomic mass is 16.1. The number of hydrogen-bond acceptors (Lipinski definition) is 4. The Morgan fingerprint density at radius 2 is 2.06 bits per heavy atom. The van der Waals surface area contributed by atoms with Gasteiger partial charge in [0.05, 0.1) is 5.52 Å². The molecule has 0 aliphatic rings. The second-order valence-corrected chi connectivity index (χ2v) is 4.55. The van der Waals surface area contributed by atoms with E-state index in [0.717, 1.165) is 0 Å². The summed E-state index contributed by atoms with van der Waals surface area (Å²) < 4.78 is 0. The zero-order chi connectivity index (χ0) is 13.1. The fourth-order valence-electron chi connectivity index (χ4n) is 1.65. The number of anilines is 1. The Kier molecular flexibility index (Phi) is 3.41. The number of nitrogens with two attached hydrogens (primary N) is 1. The van der Waals surface area contributed by atoms with Crippen molar-refractivity contribution in [3.8, 4) is 0 Å². The topological polar surface area (TPSA) is 80.9 Å². The van der Waals surface area contributed by atoms with Crippen LogP contribution >= 0.6 is 0 Å². The molecule has 0 aliphatic carbocycles. The Bertz CT molecular complexity index is 580. The molecule has 94 valence electrons. The maximum Gasteiger partial charge on any atom is 0.270 e. The third kappa shape index (κ3) is 2.56. The van der Waals surface area contributed by atoms with Crippen LogP contribution < -0.4 is 11.1 Å². The monoisotopic (exact) mass is 244 g/mol. The van der Waals surface area contributed by atoms with Gasteiger partial charge in [0.1, 0.15) is 5.69 Å². The first-order valence-electron chi connectivity index (χ1n) is 5.88. The molecule has 1 aromatic heterocycles. The highest BCUT2D eigenvalue weighted by Gasteiger charge is 2.13. The van der Waals surface area contributed by atoms with Crippen molar-refractivity contribution in [3.05, 3.63) is 30.0 Å². The first-order valence-corrected chi connectivity index (χ1v) is 5.88. The zero-order valence-electron chi connectivity index (χ0n) is 10.5. The Labute approximate surface area is 105 Å². The predicted molar refractivity (Wildman–Crippen MR) is 71.1 cm³/mol. The SMILES string of the molecule is CC(C)CNC(=O)c1nc(N)nc2ccccc12. The number of nitrogens with zero attached hydrogens (tertiary/aromatic N) is 2. The molecule has 0 aliphatic heterocycles. The van der Waals surface area contributed by atoms with E-state index < -0.39 is 0 Å². The van der Waals surface area contributed by atoms with Crippen LogP contribution in [-0.4, -0.2) is 22.4 Å². The van der Waals surface area contributed by atoms with Crippen LogP contribution in [0.25, 0.3) is 10.9 Å². The number of nitrogen functional groups attached to an aromatic ring is 1. The molecule has 5 heteroatoms. The Morgan fingerprint density at radius 3 is 2.78 bits per heavy atom. The molecule has 1 heterocycles. The van der Waals surface area contributed by atoms with Gasteiger partial charge in [0.2, 0.25) is 5.95 Å². The van der Waals surface area contributed by atoms with Crippen molar-refractivity contribution < 1.29 is 4.79 Å². The highest BCUT2D eigenvalue weighted by molar-refractivity contribution is 6.04. The van der Waals surface area contributed by atoms with E-state index in [1.54, 1.807) is 0 Å². The number of benzene rings is 1. The summed E-state index contributed by atoms with van der Waals surface area (Å²) in [5.74, 6) is 0.289. The third-order valence-corrected chi connectivity index (χ3v) is 2.51. The maximum absolute atomic E-state index is 12.1. The second kappa shape index (κ2) is 5.00. The second-order valence-electron chi connectivity index (χ2n) is 4.55. The number of aromatic nitrogens is 2. The van der Waals surface area contributed by atoms with Crippen LogP contribution in [0, 0.1) is 5.92 Å². The Morgan fingerprint density at radius 1 is 1.33 bits per heavy atom. The summed E-state index contributed by atoms with van der Waals surface area (Å²) in [5, 5.41) is 3.55. The van der Waals surface area contributed by atoms with Crippen LogP contribution in [-0.2, 0) is 0 Å². The normalized spacial score (nSPS) is 10.8. The third-order valence-electron chi connectivity index (χ3n) is 2.51. The average molecular weight is 244 g/mol. The van der Waals surface area contributed by atoms with E-state index in [4.69, 9.17) is 5.73 Å². The van der Waals surface area contributed by atoms with Crippen molar-refractivity contribution in [2.24, 2.45) is 5.92 Å². The van der Waals surface area contributed by atoms with Crippen LogP contribution in [0.5, 0.6) is 0 Å². The number of hydrogen-bond donors (Lipinski definition) is 2. The summed E-state index contributed by atoms with van der Waals surface area (Å²) in [7, 11) is 0. The molecule has 0 radical (unpaired) electrons. The summed E-state index contributed by atoms with van der Waals surface area (Å²) >= 11 is 0. The molecule has 1 aromatic carbocycles. The molecular weight excluding hydrogens is 228 g/mol. The van der Waals surface area contributed by atoms with Gasteiger partial charge in [-0.1, -0.05) is 32.0 Å². The van der Waals surface area contributed by atoms with E-state index in [2.05, 4.69) is 15.3 Å². The average Bonchev–Trinajstić information content (AvgIpc) is 2.34. The molecule has 1 amide bonds. The fraction of sp³-hybridized carbons (Fsp3) is 0.308. The van der Waals surface area contributed by atoms with Gasteiger partial charge >= 0.3 is 0 Å². The van der Waals surface area contributed by atoms with Crippen molar-refractivity contribution in [2.75, 3.05) is 12.3 Å². The lowest BCUT2D eigenvalue weighted by Gasteiger charge is -2.09. The predicted octanol–water partition coefficient (Wildman–Crippen LogP) is 1.60. The van der Waals surface area contributed by atoms with Gasteiger partial charge in [0, 0.05) is 11.9 Å². The van der Waals surface area contributed by atoms with Crippen molar-refractivity contribution in [1.82, 2.24) is 15.3 Å². The number of fused-ring (bicyclic) bond motifs is 1. The minimum absolute atomic E-state index is 0.114. The van der Waals surface area contributed by atoms with Crippen molar-refractivity contribution in [2.45, 2.75) is 13.8 Å². The lowest BCUT2D eigenvalue weighted by Crippen LogP contribution is -2.28. The summed E-state index contributed by atoms with van der Waals surface area (Å²) in [4.78, 5) is 20.2. The van der Waals surface area contributed by atoms with Crippen LogP contribution in [0.4, 0.5) is 5.95 Å². The standard InChI is InChI=1S/C13H16N4O/c1-8(2)7-15-12(18)11-9-5-3-4-6-10(9)16-13(14)17-11/h3-6,8H,7H2,1-2H3,(H,15,18)(H2,14,16,17). The molecule has 2 aromatic rings. The molecule has 0 atom stereocenters. The minimum Gasteiger partial charge on any atom is -0.368 e. The number of carbonyl (C=O) groups excluding carboxylic acids is 1. The van der Waals surface area contributed by atoms with Crippen LogP contribution in [0.15, 0.2) is 24.3 Å². The largest absolute Gasteiger partial charge is 0.368 e. The van der Waals surface area contributed by atoms with Crippen molar-refractivity contribution in [3.63, 3.8) is 0 Å². The van der Waals surface area contributed by atoms with E-state index in [1.165, 1.54) is 0 Å². The number of nitrogens with one attached hydrogen (secondary N) is 1. The number of amides is 1. The molecule has 0 bridgehead atoms. The molecule has 0 fully saturated rings. The van der Waals surface area contributed by atoms with E-state index in [1.807, 2.05) is 38.1 Å². The number of rotatable bonds is 3. The van der Waals surface area contributed by atoms with E-state index in [0.29, 0.717) is 29.1 Å². The number of carbonyl (C=O) groups is 1. The Balaban J connectivity index is 2.40. The summed E-state index contributed by atoms with van der Waals surface area (Å²) in [6, 6.07) is 7.33. The van der Waals surface area contributed by atoms with Gasteiger partial charge in [-0.15, -0.1) is 0 Å². The first kappa shape index (κ1) is 12.3. The molecule has 0 unspecified atom stereocenters. The van der Waals surface area contributed by atoms with Crippen molar-refractivity contribution >= 4 is 22.8 Å². The molecule has 0 spiro atoms. The molecule has 3 N–H and O–H groups in total. The summed E-state index contributed by atoms with van der Waals surface area (Å²) in [5.41, 5.74) is 6.63. The highest BCUT2D eigenvalue weighted by Crippen LogP contribution is 2.16. The lowest BCUT2D eigenvalue weighted by atomic mass is 10.1. The van der Waals surface area contributed by atoms with E-state index in [9.17, 15) is 4.79 Å². The van der Waals surface area contributed by atoms with Gasteiger partial charge in [-0.2, -0.15) is 0 Å². The van der Waals surface area contributed by atoms with Gasteiger partial charge in [0.25, 0.3) is 5.91 Å². The zero-order valence-corrected chi connectivity index (χ0v) is 10.5. The number of para-hydroxylation sites is 1. The molecule has 18 heavy (non-hydrogen) atoms. The molecule has 5 nitrogen and oxygen atoms in total. The van der Waals surface area contributed by atoms with Crippen LogP contribution in [0.3, 0.4) is 0 Å². The smallest absolute Gasteiger partial charge is 0.270 e. The van der Waals surface area contributed by atoms with E-state index >= 15 is 0 Å². The van der Waals surface area contributed by atoms with Gasteiger partial charge in [-0.25, -0.2) is 9.97 Å². The molecule has 2 rings (SSSR count).